The summed E-state index contributed by atoms with van der Waals surface area (Å²) < 4.78 is 10.7. The van der Waals surface area contributed by atoms with E-state index in [0.717, 1.165) is 42.8 Å². The molecule has 0 aliphatic rings. The molecular formula is C26H46N2O2S. The standard InChI is InChI=1S/C26H46N2O2S/c1-4-6-7-8-9-10-11-12-13-14-22-31-26(27-20-15-21-30-5-2)28-23-24-16-18-25(29-3)19-17-24/h16-19H,4-15,20-23H2,1-3H3,(H,27,28). The van der Waals surface area contributed by atoms with Gasteiger partial charge >= 0.3 is 0 Å². The lowest BCUT2D eigenvalue weighted by molar-refractivity contribution is 0.146. The fourth-order valence-corrected chi connectivity index (χ4v) is 4.22. The highest BCUT2D eigenvalue weighted by atomic mass is 32.2. The molecule has 0 fully saturated rings. The van der Waals surface area contributed by atoms with Crippen LogP contribution in [0.25, 0.3) is 0 Å². The van der Waals surface area contributed by atoms with Crippen LogP contribution < -0.4 is 10.1 Å². The first-order chi connectivity index (χ1) is 15.3. The number of amidine groups is 1. The van der Waals surface area contributed by atoms with Gasteiger partial charge in [-0.05, 0) is 37.5 Å². The quantitative estimate of drug-likeness (QED) is 0.137. The highest BCUT2D eigenvalue weighted by Crippen LogP contribution is 2.15. The van der Waals surface area contributed by atoms with E-state index >= 15 is 0 Å². The topological polar surface area (TPSA) is 42.8 Å². The van der Waals surface area contributed by atoms with Gasteiger partial charge in [0.05, 0.1) is 13.7 Å². The van der Waals surface area contributed by atoms with E-state index in [1.165, 1.54) is 69.8 Å². The van der Waals surface area contributed by atoms with Crippen molar-refractivity contribution in [1.82, 2.24) is 5.32 Å². The van der Waals surface area contributed by atoms with E-state index < -0.39 is 0 Å². The fraction of sp³-hybridized carbons (Fsp3) is 0.731. The lowest BCUT2D eigenvalue weighted by atomic mass is 10.1. The maximum atomic E-state index is 5.44. The summed E-state index contributed by atoms with van der Waals surface area (Å²) in [6.07, 6.45) is 14.8. The number of aliphatic imine (C=N–C) groups is 1. The number of thioether (sulfide) groups is 1. The predicted molar refractivity (Wildman–Crippen MR) is 138 cm³/mol. The molecular weight excluding hydrogens is 404 g/mol. The van der Waals surface area contributed by atoms with Crippen molar-refractivity contribution in [3.05, 3.63) is 29.8 Å². The zero-order chi connectivity index (χ0) is 22.4. The van der Waals surface area contributed by atoms with Gasteiger partial charge < -0.3 is 14.8 Å². The van der Waals surface area contributed by atoms with Crippen molar-refractivity contribution < 1.29 is 9.47 Å². The van der Waals surface area contributed by atoms with Crippen LogP contribution >= 0.6 is 11.8 Å². The van der Waals surface area contributed by atoms with Crippen LogP contribution in [0.3, 0.4) is 0 Å². The zero-order valence-electron chi connectivity index (χ0n) is 20.3. The molecule has 4 nitrogen and oxygen atoms in total. The normalized spacial score (nSPS) is 11.6. The molecule has 0 bridgehead atoms. The third-order valence-corrected chi connectivity index (χ3v) is 6.29. The van der Waals surface area contributed by atoms with Crippen molar-refractivity contribution in [3.8, 4) is 5.75 Å². The van der Waals surface area contributed by atoms with E-state index in [2.05, 4.69) is 24.4 Å². The summed E-state index contributed by atoms with van der Waals surface area (Å²) in [5.74, 6) is 2.02. The minimum Gasteiger partial charge on any atom is -0.497 e. The lowest BCUT2D eigenvalue weighted by Gasteiger charge is -2.10. The van der Waals surface area contributed by atoms with Crippen LogP contribution in [-0.4, -0.2) is 37.8 Å². The number of nitrogens with zero attached hydrogens (tertiary/aromatic N) is 1. The average molecular weight is 451 g/mol. The van der Waals surface area contributed by atoms with E-state index in [1.807, 2.05) is 30.8 Å². The summed E-state index contributed by atoms with van der Waals surface area (Å²) in [5, 5.41) is 4.57. The van der Waals surface area contributed by atoms with Crippen molar-refractivity contribution >= 4 is 16.9 Å². The average Bonchev–Trinajstić information content (AvgIpc) is 2.80. The second-order valence-electron chi connectivity index (χ2n) is 7.98. The van der Waals surface area contributed by atoms with Gasteiger partial charge in [-0.3, -0.25) is 4.99 Å². The molecule has 0 saturated carbocycles. The van der Waals surface area contributed by atoms with Gasteiger partial charge in [0.15, 0.2) is 5.17 Å². The van der Waals surface area contributed by atoms with E-state index in [-0.39, 0.29) is 0 Å². The molecule has 31 heavy (non-hydrogen) atoms. The van der Waals surface area contributed by atoms with Gasteiger partial charge in [0, 0.05) is 25.5 Å². The zero-order valence-corrected chi connectivity index (χ0v) is 21.1. The number of hydrogen-bond acceptors (Lipinski definition) is 4. The monoisotopic (exact) mass is 450 g/mol. The summed E-state index contributed by atoms with van der Waals surface area (Å²) >= 11 is 1.86. The van der Waals surface area contributed by atoms with Crippen LogP contribution in [0.1, 0.15) is 90.0 Å². The summed E-state index contributed by atoms with van der Waals surface area (Å²) in [6.45, 7) is 7.51. The Hall–Kier alpha value is -1.20. The Morgan fingerprint density at radius 2 is 1.52 bits per heavy atom. The maximum Gasteiger partial charge on any atom is 0.156 e. The van der Waals surface area contributed by atoms with Gasteiger partial charge in [-0.25, -0.2) is 0 Å². The second kappa shape index (κ2) is 20.7. The molecule has 1 N–H and O–H groups in total. The summed E-state index contributed by atoms with van der Waals surface area (Å²) in [4.78, 5) is 4.84. The number of benzene rings is 1. The lowest BCUT2D eigenvalue weighted by Crippen LogP contribution is -2.23. The Morgan fingerprint density at radius 3 is 2.13 bits per heavy atom. The molecule has 0 aromatic heterocycles. The van der Waals surface area contributed by atoms with Crippen molar-refractivity contribution in [3.63, 3.8) is 0 Å². The minimum atomic E-state index is 0.697. The molecule has 0 atom stereocenters. The van der Waals surface area contributed by atoms with Crippen LogP contribution in [0.15, 0.2) is 29.3 Å². The highest BCUT2D eigenvalue weighted by Gasteiger charge is 2.02. The maximum absolute atomic E-state index is 5.44. The first-order valence-corrected chi connectivity index (χ1v) is 13.4. The molecule has 1 aromatic carbocycles. The summed E-state index contributed by atoms with van der Waals surface area (Å²) in [7, 11) is 1.70. The molecule has 0 unspecified atom stereocenters. The molecule has 0 aliphatic heterocycles. The predicted octanol–water partition coefficient (Wildman–Crippen LogP) is 7.22. The number of hydrogen-bond donors (Lipinski definition) is 1. The minimum absolute atomic E-state index is 0.697. The first-order valence-electron chi connectivity index (χ1n) is 12.4. The number of ether oxygens (including phenoxy) is 2. The molecule has 178 valence electrons. The van der Waals surface area contributed by atoms with Gasteiger partial charge in [0.25, 0.3) is 0 Å². The van der Waals surface area contributed by atoms with E-state index in [0.29, 0.717) is 6.54 Å². The first kappa shape index (κ1) is 27.8. The summed E-state index contributed by atoms with van der Waals surface area (Å²) in [5.41, 5.74) is 1.20. The van der Waals surface area contributed by atoms with Crippen molar-refractivity contribution in [2.45, 2.75) is 91.0 Å². The van der Waals surface area contributed by atoms with E-state index in [4.69, 9.17) is 14.5 Å². The number of rotatable bonds is 19. The van der Waals surface area contributed by atoms with Gasteiger partial charge in [0.1, 0.15) is 5.75 Å². The molecule has 0 radical (unpaired) electrons. The van der Waals surface area contributed by atoms with E-state index in [1.54, 1.807) is 7.11 Å². The Morgan fingerprint density at radius 1 is 0.871 bits per heavy atom. The number of methoxy groups -OCH3 is 1. The molecule has 5 heteroatoms. The van der Waals surface area contributed by atoms with Gasteiger partial charge in [-0.15, -0.1) is 0 Å². The molecule has 0 heterocycles. The molecule has 0 saturated heterocycles. The number of nitrogens with one attached hydrogen (secondary N) is 1. The van der Waals surface area contributed by atoms with Gasteiger partial charge in [-0.1, -0.05) is 88.6 Å². The SMILES string of the molecule is CCCCCCCCCCCCSC(=NCc1ccc(OC)cc1)NCCCOCC. The fourth-order valence-electron chi connectivity index (χ4n) is 3.32. The van der Waals surface area contributed by atoms with E-state index in [9.17, 15) is 0 Å². The Balaban J connectivity index is 2.26. The Kier molecular flexibility index (Phi) is 18.6. The van der Waals surface area contributed by atoms with Crippen molar-refractivity contribution in [2.24, 2.45) is 4.99 Å². The smallest absolute Gasteiger partial charge is 0.156 e. The number of unbranched alkanes of at least 4 members (excludes halogenated alkanes) is 9. The molecule has 0 amide bonds. The highest BCUT2D eigenvalue weighted by molar-refractivity contribution is 8.13. The summed E-state index contributed by atoms with van der Waals surface area (Å²) in [6, 6.07) is 8.16. The van der Waals surface area contributed by atoms with Crippen molar-refractivity contribution in [2.75, 3.05) is 32.6 Å². The Bertz CT molecular complexity index is 549. The molecule has 0 spiro atoms. The van der Waals surface area contributed by atoms with Crippen LogP contribution in [-0.2, 0) is 11.3 Å². The van der Waals surface area contributed by atoms with Crippen LogP contribution in [0.4, 0.5) is 0 Å². The van der Waals surface area contributed by atoms with Crippen LogP contribution in [0.2, 0.25) is 0 Å². The van der Waals surface area contributed by atoms with Crippen molar-refractivity contribution in [1.29, 1.82) is 0 Å². The van der Waals surface area contributed by atoms with Gasteiger partial charge in [0.2, 0.25) is 0 Å². The largest absolute Gasteiger partial charge is 0.497 e. The third-order valence-electron chi connectivity index (χ3n) is 5.25. The third kappa shape index (κ3) is 16.1. The Labute approximate surface area is 196 Å². The van der Waals surface area contributed by atoms with Crippen LogP contribution in [0, 0.1) is 0 Å². The van der Waals surface area contributed by atoms with Crippen LogP contribution in [0.5, 0.6) is 5.75 Å². The molecule has 1 rings (SSSR count). The second-order valence-corrected chi connectivity index (χ2v) is 9.06. The molecule has 1 aromatic rings. The van der Waals surface area contributed by atoms with Gasteiger partial charge in [-0.2, -0.15) is 0 Å². The molecule has 0 aliphatic carbocycles.